The van der Waals surface area contributed by atoms with Gasteiger partial charge in [0.1, 0.15) is 0 Å². The quantitative estimate of drug-likeness (QED) is 0.807. The summed E-state index contributed by atoms with van der Waals surface area (Å²) in [5.74, 6) is -0.0709. The first kappa shape index (κ1) is 18.2. The molecule has 0 spiro atoms. The van der Waals surface area contributed by atoms with Crippen molar-refractivity contribution >= 4 is 40.7 Å². The molecular formula is C14H11Cl2F3N4O. The lowest BCUT2D eigenvalue weighted by Gasteiger charge is -2.31. The molecule has 1 heterocycles. The fraction of sp³-hybridized carbons (Fsp3) is 0.143. The number of pyridine rings is 1. The molecule has 0 atom stereocenters. The molecule has 0 bridgehead atoms. The van der Waals surface area contributed by atoms with Crippen molar-refractivity contribution < 1.29 is 18.0 Å². The summed E-state index contributed by atoms with van der Waals surface area (Å²) in [6.45, 7) is 0. The van der Waals surface area contributed by atoms with E-state index in [2.05, 4.69) is 4.98 Å². The molecule has 2 amide bonds. The minimum absolute atomic E-state index is 0.0709. The summed E-state index contributed by atoms with van der Waals surface area (Å²) < 4.78 is 38.0. The lowest BCUT2D eigenvalue weighted by atomic mass is 10.2. The first-order chi connectivity index (χ1) is 11.1. The second-order valence-corrected chi connectivity index (χ2v) is 5.52. The van der Waals surface area contributed by atoms with E-state index in [0.29, 0.717) is 16.9 Å². The smallest absolute Gasteiger partial charge is 0.350 e. The monoisotopic (exact) mass is 378 g/mol. The van der Waals surface area contributed by atoms with Gasteiger partial charge in [-0.2, -0.15) is 13.2 Å². The molecule has 2 aromatic rings. The summed E-state index contributed by atoms with van der Waals surface area (Å²) in [6.07, 6.45) is -3.95. The molecule has 0 aliphatic rings. The van der Waals surface area contributed by atoms with Gasteiger partial charge < -0.3 is 5.73 Å². The van der Waals surface area contributed by atoms with E-state index in [0.717, 1.165) is 16.1 Å². The summed E-state index contributed by atoms with van der Waals surface area (Å²) >= 11 is 11.7. The molecule has 1 aromatic heterocycles. The highest BCUT2D eigenvalue weighted by Crippen LogP contribution is 2.34. The number of hydrogen-bond donors (Lipinski definition) is 1. The Hall–Kier alpha value is -2.19. The number of urea groups is 1. The van der Waals surface area contributed by atoms with Crippen molar-refractivity contribution in [3.05, 3.63) is 52.1 Å². The molecule has 1 aromatic carbocycles. The first-order valence-electron chi connectivity index (χ1n) is 6.42. The highest BCUT2D eigenvalue weighted by atomic mass is 35.5. The van der Waals surface area contributed by atoms with Crippen molar-refractivity contribution in [2.75, 3.05) is 17.1 Å². The minimum atomic E-state index is -4.58. The van der Waals surface area contributed by atoms with Crippen molar-refractivity contribution in [3.8, 4) is 0 Å². The van der Waals surface area contributed by atoms with Gasteiger partial charge in [-0.1, -0.05) is 23.2 Å². The van der Waals surface area contributed by atoms with Crippen LogP contribution in [0.15, 0.2) is 36.5 Å². The van der Waals surface area contributed by atoms with Gasteiger partial charge in [-0.15, -0.1) is 0 Å². The van der Waals surface area contributed by atoms with E-state index in [1.807, 2.05) is 0 Å². The van der Waals surface area contributed by atoms with Crippen LogP contribution in [0.3, 0.4) is 0 Å². The van der Waals surface area contributed by atoms with Crippen molar-refractivity contribution in [3.63, 3.8) is 0 Å². The predicted octanol–water partition coefficient (Wildman–Crippen LogP) is 4.34. The largest absolute Gasteiger partial charge is 0.417 e. The van der Waals surface area contributed by atoms with Gasteiger partial charge in [0.15, 0.2) is 5.82 Å². The Bertz CT molecular complexity index is 753. The van der Waals surface area contributed by atoms with Crippen molar-refractivity contribution in [1.82, 2.24) is 4.98 Å². The topological polar surface area (TPSA) is 62.5 Å². The number of primary amides is 1. The molecule has 0 unspecified atom stereocenters. The molecule has 128 valence electrons. The van der Waals surface area contributed by atoms with Crippen LogP contribution in [0.25, 0.3) is 0 Å². The van der Waals surface area contributed by atoms with Crippen LogP contribution in [0.2, 0.25) is 10.0 Å². The number of amides is 2. The molecule has 10 heteroatoms. The zero-order valence-corrected chi connectivity index (χ0v) is 13.7. The van der Waals surface area contributed by atoms with Gasteiger partial charge in [0, 0.05) is 18.3 Å². The average Bonchev–Trinajstić information content (AvgIpc) is 2.48. The van der Waals surface area contributed by atoms with Crippen LogP contribution in [0.5, 0.6) is 0 Å². The van der Waals surface area contributed by atoms with Crippen LogP contribution in [0.1, 0.15) is 5.56 Å². The number of aromatic nitrogens is 1. The van der Waals surface area contributed by atoms with Crippen LogP contribution >= 0.6 is 23.2 Å². The van der Waals surface area contributed by atoms with Gasteiger partial charge in [-0.3, -0.25) is 5.01 Å². The van der Waals surface area contributed by atoms with Gasteiger partial charge in [0.05, 0.1) is 16.3 Å². The molecule has 2 rings (SSSR count). The van der Waals surface area contributed by atoms with E-state index >= 15 is 0 Å². The highest BCUT2D eigenvalue weighted by Gasteiger charge is 2.32. The lowest BCUT2D eigenvalue weighted by molar-refractivity contribution is -0.137. The van der Waals surface area contributed by atoms with Gasteiger partial charge in [0.2, 0.25) is 0 Å². The Morgan fingerprint density at radius 2 is 1.79 bits per heavy atom. The maximum Gasteiger partial charge on any atom is 0.417 e. The van der Waals surface area contributed by atoms with Gasteiger partial charge in [0.25, 0.3) is 0 Å². The minimum Gasteiger partial charge on any atom is -0.350 e. The summed E-state index contributed by atoms with van der Waals surface area (Å²) in [5, 5.41) is 2.30. The molecule has 0 saturated carbocycles. The van der Waals surface area contributed by atoms with E-state index in [9.17, 15) is 18.0 Å². The van der Waals surface area contributed by atoms with Crippen LogP contribution in [0.4, 0.5) is 29.5 Å². The van der Waals surface area contributed by atoms with Crippen molar-refractivity contribution in [2.45, 2.75) is 6.18 Å². The highest BCUT2D eigenvalue weighted by molar-refractivity contribution is 6.33. The molecule has 5 nitrogen and oxygen atoms in total. The van der Waals surface area contributed by atoms with E-state index in [1.165, 1.54) is 31.3 Å². The van der Waals surface area contributed by atoms with E-state index in [1.54, 1.807) is 0 Å². The molecule has 0 radical (unpaired) electrons. The number of rotatable bonds is 3. The number of nitrogens with zero attached hydrogens (tertiary/aromatic N) is 3. The SMILES string of the molecule is CN(c1ncc(C(F)(F)F)cc1Cl)N(C(N)=O)c1ccc(Cl)cc1. The molecule has 0 saturated heterocycles. The molecular weight excluding hydrogens is 368 g/mol. The zero-order valence-electron chi connectivity index (χ0n) is 12.2. The standard InChI is InChI=1S/C14H11Cl2F3N4O/c1-22(12-11(16)6-8(7-21-12)14(17,18)19)23(13(20)24)10-4-2-9(15)3-5-10/h2-7H,1H3,(H2,20,24). The first-order valence-corrected chi connectivity index (χ1v) is 7.18. The van der Waals surface area contributed by atoms with Crippen LogP contribution in [-0.4, -0.2) is 18.1 Å². The van der Waals surface area contributed by atoms with Crippen LogP contribution < -0.4 is 15.8 Å². The van der Waals surface area contributed by atoms with Gasteiger partial charge in [-0.25, -0.2) is 14.8 Å². The van der Waals surface area contributed by atoms with Crippen molar-refractivity contribution in [1.29, 1.82) is 0 Å². The van der Waals surface area contributed by atoms with Gasteiger partial charge >= 0.3 is 12.2 Å². The number of benzene rings is 1. The molecule has 0 aliphatic carbocycles. The molecule has 2 N–H and O–H groups in total. The fourth-order valence-electron chi connectivity index (χ4n) is 1.95. The average molecular weight is 379 g/mol. The predicted molar refractivity (Wildman–Crippen MR) is 86.2 cm³/mol. The maximum absolute atomic E-state index is 12.7. The van der Waals surface area contributed by atoms with Gasteiger partial charge in [-0.05, 0) is 30.3 Å². The number of alkyl halides is 3. The third-order valence-electron chi connectivity index (χ3n) is 3.04. The number of anilines is 2. The number of halogens is 5. The third kappa shape index (κ3) is 3.82. The Morgan fingerprint density at radius 3 is 2.25 bits per heavy atom. The third-order valence-corrected chi connectivity index (χ3v) is 3.57. The molecule has 0 aliphatic heterocycles. The number of carbonyl (C=O) groups is 1. The second-order valence-electron chi connectivity index (χ2n) is 4.68. The Morgan fingerprint density at radius 1 is 1.21 bits per heavy atom. The Kier molecular flexibility index (Phi) is 5.10. The van der Waals surface area contributed by atoms with E-state index < -0.39 is 17.8 Å². The van der Waals surface area contributed by atoms with E-state index in [4.69, 9.17) is 28.9 Å². The summed E-state index contributed by atoms with van der Waals surface area (Å²) in [6, 6.07) is 5.94. The fourth-order valence-corrected chi connectivity index (χ4v) is 2.36. The molecule has 24 heavy (non-hydrogen) atoms. The van der Waals surface area contributed by atoms with E-state index in [-0.39, 0.29) is 10.8 Å². The number of carbonyl (C=O) groups excluding carboxylic acids is 1. The second kappa shape index (κ2) is 6.74. The lowest BCUT2D eigenvalue weighted by Crippen LogP contribution is -2.48. The number of hydrogen-bond acceptors (Lipinski definition) is 3. The van der Waals surface area contributed by atoms with Crippen LogP contribution in [0, 0.1) is 0 Å². The Balaban J connectivity index is 2.42. The summed E-state index contributed by atoms with van der Waals surface area (Å²) in [5.41, 5.74) is 4.70. The van der Waals surface area contributed by atoms with Crippen molar-refractivity contribution in [2.24, 2.45) is 5.73 Å². The zero-order chi connectivity index (χ0) is 18.1. The number of hydrazine groups is 1. The summed E-state index contributed by atoms with van der Waals surface area (Å²) in [7, 11) is 1.39. The maximum atomic E-state index is 12.7. The molecule has 0 fully saturated rings. The normalized spacial score (nSPS) is 11.2. The number of nitrogens with two attached hydrogens (primary N) is 1. The summed E-state index contributed by atoms with van der Waals surface area (Å²) in [4.78, 5) is 15.4. The van der Waals surface area contributed by atoms with Crippen LogP contribution in [-0.2, 0) is 6.18 Å². The Labute approximate surface area is 145 Å².